The second kappa shape index (κ2) is 6.16. The Morgan fingerprint density at radius 2 is 1.68 bits per heavy atom. The molecule has 1 aromatic carbocycles. The predicted molar refractivity (Wildman–Crippen MR) is 84.0 cm³/mol. The second-order valence-electron chi connectivity index (χ2n) is 4.08. The van der Waals surface area contributed by atoms with Crippen LogP contribution in [0, 0.1) is 6.92 Å². The molecule has 5 heteroatoms. The van der Waals surface area contributed by atoms with Crippen LogP contribution in [0.15, 0.2) is 28.7 Å². The molecule has 0 radical (unpaired) electrons. The summed E-state index contributed by atoms with van der Waals surface area (Å²) >= 11 is 11.8. The molecular formula is C14H14BrClO2S. The third kappa shape index (κ3) is 3.25. The summed E-state index contributed by atoms with van der Waals surface area (Å²) in [6.45, 7) is 2.06. The number of benzene rings is 1. The lowest BCUT2D eigenvalue weighted by atomic mass is 10.1. The van der Waals surface area contributed by atoms with Gasteiger partial charge in [0.15, 0.2) is 0 Å². The van der Waals surface area contributed by atoms with Crippen molar-refractivity contribution < 1.29 is 9.47 Å². The van der Waals surface area contributed by atoms with Crippen molar-refractivity contribution in [3.63, 3.8) is 0 Å². The van der Waals surface area contributed by atoms with E-state index in [9.17, 15) is 0 Å². The molecule has 1 aromatic heterocycles. The number of aryl methyl sites for hydroxylation is 1. The third-order valence-corrected chi connectivity index (χ3v) is 5.37. The fourth-order valence-corrected chi connectivity index (χ4v) is 4.20. The third-order valence-electron chi connectivity index (χ3n) is 2.73. The highest BCUT2D eigenvalue weighted by atomic mass is 79.9. The van der Waals surface area contributed by atoms with E-state index in [1.54, 1.807) is 25.6 Å². The molecule has 102 valence electrons. The molecule has 1 heterocycles. The average molecular weight is 362 g/mol. The van der Waals surface area contributed by atoms with E-state index in [0.717, 1.165) is 26.4 Å². The molecule has 0 aliphatic heterocycles. The van der Waals surface area contributed by atoms with Crippen LogP contribution in [0.1, 0.15) is 20.7 Å². The minimum atomic E-state index is -0.225. The Balaban J connectivity index is 2.43. The smallest absolute Gasteiger partial charge is 0.122 e. The van der Waals surface area contributed by atoms with E-state index < -0.39 is 0 Å². The molecule has 1 unspecified atom stereocenters. The molecule has 2 aromatic rings. The first-order chi connectivity index (χ1) is 9.05. The summed E-state index contributed by atoms with van der Waals surface area (Å²) in [6, 6.07) is 7.78. The van der Waals surface area contributed by atoms with E-state index in [1.165, 1.54) is 4.88 Å². The van der Waals surface area contributed by atoms with Crippen molar-refractivity contribution in [1.29, 1.82) is 0 Å². The van der Waals surface area contributed by atoms with E-state index in [4.69, 9.17) is 21.1 Å². The van der Waals surface area contributed by atoms with Crippen molar-refractivity contribution in [3.8, 4) is 11.5 Å². The number of rotatable bonds is 4. The summed E-state index contributed by atoms with van der Waals surface area (Å²) < 4.78 is 11.6. The minimum absolute atomic E-state index is 0.225. The molecule has 0 bridgehead atoms. The number of methoxy groups -OCH3 is 2. The van der Waals surface area contributed by atoms with Gasteiger partial charge >= 0.3 is 0 Å². The van der Waals surface area contributed by atoms with Crippen molar-refractivity contribution in [1.82, 2.24) is 0 Å². The van der Waals surface area contributed by atoms with Crippen molar-refractivity contribution in [2.24, 2.45) is 0 Å². The molecule has 0 amide bonds. The van der Waals surface area contributed by atoms with E-state index >= 15 is 0 Å². The van der Waals surface area contributed by atoms with Gasteiger partial charge in [-0.1, -0.05) is 0 Å². The zero-order valence-electron chi connectivity index (χ0n) is 10.9. The molecule has 2 rings (SSSR count). The van der Waals surface area contributed by atoms with Crippen LogP contribution in [-0.2, 0) is 0 Å². The molecule has 1 atom stereocenters. The van der Waals surface area contributed by atoms with E-state index in [1.807, 2.05) is 18.2 Å². The van der Waals surface area contributed by atoms with Crippen LogP contribution in [0.2, 0.25) is 0 Å². The molecule has 0 fully saturated rings. The fraction of sp³-hybridized carbons (Fsp3) is 0.286. The highest BCUT2D eigenvalue weighted by Gasteiger charge is 2.18. The molecule has 19 heavy (non-hydrogen) atoms. The Morgan fingerprint density at radius 1 is 1.11 bits per heavy atom. The van der Waals surface area contributed by atoms with Crippen molar-refractivity contribution in [3.05, 3.63) is 44.1 Å². The summed E-state index contributed by atoms with van der Waals surface area (Å²) in [6.07, 6.45) is 0. The maximum absolute atomic E-state index is 6.58. The molecule has 0 N–H and O–H groups in total. The van der Waals surface area contributed by atoms with Gasteiger partial charge in [0, 0.05) is 20.3 Å². The van der Waals surface area contributed by atoms with Crippen molar-refractivity contribution in [2.75, 3.05) is 14.2 Å². The first-order valence-corrected chi connectivity index (χ1v) is 7.72. The Labute approximate surface area is 130 Å². The molecule has 0 saturated heterocycles. The highest BCUT2D eigenvalue weighted by Crippen LogP contribution is 2.41. The van der Waals surface area contributed by atoms with Gasteiger partial charge in [-0.05, 0) is 46.6 Å². The largest absolute Gasteiger partial charge is 0.497 e. The standard InChI is InChI=1S/C14H14BrClO2S/c1-8-4-12(15)14(19-8)13(16)9-5-10(17-2)7-11(6-9)18-3/h4-7,13H,1-3H3. The van der Waals surface area contributed by atoms with Crippen molar-refractivity contribution >= 4 is 38.9 Å². The van der Waals surface area contributed by atoms with Gasteiger partial charge in [-0.15, -0.1) is 22.9 Å². The number of thiophene rings is 1. The SMILES string of the molecule is COc1cc(OC)cc(C(Cl)c2sc(C)cc2Br)c1. The number of hydrogen-bond acceptors (Lipinski definition) is 3. The van der Waals surface area contributed by atoms with Gasteiger partial charge in [0.2, 0.25) is 0 Å². The van der Waals surface area contributed by atoms with Crippen LogP contribution in [-0.4, -0.2) is 14.2 Å². The Morgan fingerprint density at radius 3 is 2.11 bits per heavy atom. The van der Waals surface area contributed by atoms with E-state index in [-0.39, 0.29) is 5.38 Å². The van der Waals surface area contributed by atoms with Crippen LogP contribution in [0.5, 0.6) is 11.5 Å². The van der Waals surface area contributed by atoms with Crippen LogP contribution in [0.3, 0.4) is 0 Å². The van der Waals surface area contributed by atoms with Gasteiger partial charge < -0.3 is 9.47 Å². The Hall–Kier alpha value is -0.710. The maximum Gasteiger partial charge on any atom is 0.122 e. The van der Waals surface area contributed by atoms with Gasteiger partial charge in [0.05, 0.1) is 19.6 Å². The molecular weight excluding hydrogens is 348 g/mol. The van der Waals surface area contributed by atoms with Crippen LogP contribution in [0.25, 0.3) is 0 Å². The minimum Gasteiger partial charge on any atom is -0.497 e. The normalized spacial score (nSPS) is 12.3. The van der Waals surface area contributed by atoms with Gasteiger partial charge in [0.1, 0.15) is 11.5 Å². The highest BCUT2D eigenvalue weighted by molar-refractivity contribution is 9.10. The molecule has 2 nitrogen and oxygen atoms in total. The number of ether oxygens (including phenoxy) is 2. The second-order valence-corrected chi connectivity index (χ2v) is 6.66. The monoisotopic (exact) mass is 360 g/mol. The lowest BCUT2D eigenvalue weighted by molar-refractivity contribution is 0.393. The molecule has 0 spiro atoms. The number of hydrogen-bond donors (Lipinski definition) is 0. The quantitative estimate of drug-likeness (QED) is 0.700. The van der Waals surface area contributed by atoms with E-state index in [0.29, 0.717) is 0 Å². The molecule has 0 aliphatic rings. The number of halogens is 2. The summed E-state index contributed by atoms with van der Waals surface area (Å²) in [5, 5.41) is -0.225. The van der Waals surface area contributed by atoms with Gasteiger partial charge in [-0.2, -0.15) is 0 Å². The average Bonchev–Trinajstić information content (AvgIpc) is 2.76. The van der Waals surface area contributed by atoms with Gasteiger partial charge in [-0.25, -0.2) is 0 Å². The predicted octanol–water partition coefficient (Wildman–Crippen LogP) is 5.16. The topological polar surface area (TPSA) is 18.5 Å². The zero-order valence-corrected chi connectivity index (χ0v) is 14.0. The first kappa shape index (κ1) is 14.7. The lowest BCUT2D eigenvalue weighted by Gasteiger charge is -2.12. The maximum atomic E-state index is 6.58. The van der Waals surface area contributed by atoms with Crippen molar-refractivity contribution in [2.45, 2.75) is 12.3 Å². The van der Waals surface area contributed by atoms with Crippen LogP contribution in [0.4, 0.5) is 0 Å². The molecule has 0 saturated carbocycles. The summed E-state index contributed by atoms with van der Waals surface area (Å²) in [5.41, 5.74) is 0.959. The Bertz CT molecular complexity index is 561. The summed E-state index contributed by atoms with van der Waals surface area (Å²) in [7, 11) is 3.26. The van der Waals surface area contributed by atoms with E-state index in [2.05, 4.69) is 28.9 Å². The molecule has 0 aliphatic carbocycles. The summed E-state index contributed by atoms with van der Waals surface area (Å²) in [5.74, 6) is 1.48. The lowest BCUT2D eigenvalue weighted by Crippen LogP contribution is -1.95. The Kier molecular flexibility index (Phi) is 4.76. The summed E-state index contributed by atoms with van der Waals surface area (Å²) in [4.78, 5) is 2.32. The van der Waals surface area contributed by atoms with Gasteiger partial charge in [-0.3, -0.25) is 0 Å². The number of alkyl halides is 1. The fourth-order valence-electron chi connectivity index (χ4n) is 1.80. The zero-order chi connectivity index (χ0) is 14.0. The van der Waals surface area contributed by atoms with Gasteiger partial charge in [0.25, 0.3) is 0 Å². The first-order valence-electron chi connectivity index (χ1n) is 5.68. The van der Waals surface area contributed by atoms with Crippen LogP contribution < -0.4 is 9.47 Å². The van der Waals surface area contributed by atoms with Crippen LogP contribution >= 0.6 is 38.9 Å².